The van der Waals surface area contributed by atoms with Crippen LogP contribution in [0.3, 0.4) is 0 Å². The first-order valence-electron chi connectivity index (χ1n) is 9.52. The van der Waals surface area contributed by atoms with Gasteiger partial charge in [0, 0.05) is 11.6 Å². The molecule has 0 aliphatic carbocycles. The summed E-state index contributed by atoms with van der Waals surface area (Å²) in [6, 6.07) is 16.2. The number of sulfonamides is 1. The molecular formula is C22H30N2O3S. The second-order valence-corrected chi connectivity index (χ2v) is 9.70. The molecule has 0 bridgehead atoms. The van der Waals surface area contributed by atoms with Crippen LogP contribution in [0.5, 0.6) is 0 Å². The van der Waals surface area contributed by atoms with Crippen molar-refractivity contribution in [2.75, 3.05) is 10.6 Å². The van der Waals surface area contributed by atoms with Gasteiger partial charge >= 0.3 is 0 Å². The molecule has 0 atom stereocenters. The van der Waals surface area contributed by atoms with Crippen LogP contribution < -0.4 is 9.62 Å². The predicted molar refractivity (Wildman–Crippen MR) is 115 cm³/mol. The largest absolute Gasteiger partial charge is 0.349 e. The monoisotopic (exact) mass is 402 g/mol. The summed E-state index contributed by atoms with van der Waals surface area (Å²) >= 11 is 0. The van der Waals surface area contributed by atoms with E-state index in [-0.39, 0.29) is 18.5 Å². The van der Waals surface area contributed by atoms with E-state index in [1.807, 2.05) is 30.3 Å². The first kappa shape index (κ1) is 22.0. The molecule has 0 heterocycles. The van der Waals surface area contributed by atoms with Crippen LogP contribution in [0.25, 0.3) is 0 Å². The van der Waals surface area contributed by atoms with Gasteiger partial charge in [0.15, 0.2) is 0 Å². The fourth-order valence-corrected chi connectivity index (χ4v) is 4.15. The lowest BCUT2D eigenvalue weighted by molar-refractivity contribution is 0.0910. The fourth-order valence-electron chi connectivity index (χ4n) is 3.27. The quantitative estimate of drug-likeness (QED) is 0.724. The highest BCUT2D eigenvalue weighted by Gasteiger charge is 2.21. The first-order valence-corrected chi connectivity index (χ1v) is 11.4. The van der Waals surface area contributed by atoms with Crippen LogP contribution in [0, 0.1) is 11.8 Å². The molecule has 28 heavy (non-hydrogen) atoms. The van der Waals surface area contributed by atoms with Gasteiger partial charge in [-0.2, -0.15) is 0 Å². The summed E-state index contributed by atoms with van der Waals surface area (Å²) in [7, 11) is -3.46. The Hall–Kier alpha value is -2.34. The standard InChI is InChI=1S/C22H30N2O3S/c1-16(2)21(17(3)4)23-22(25)19-11-13-20(14-12-19)24(28(5,26)27)15-18-9-7-6-8-10-18/h6-14,16-17,21H,15H2,1-5H3,(H,23,25). The van der Waals surface area contributed by atoms with Crippen molar-refractivity contribution >= 4 is 21.6 Å². The second kappa shape index (κ2) is 9.24. The zero-order chi connectivity index (χ0) is 20.9. The number of rotatable bonds is 8. The molecule has 6 heteroatoms. The minimum absolute atomic E-state index is 0.0813. The fraction of sp³-hybridized carbons (Fsp3) is 0.409. The number of carbonyl (C=O) groups excluding carboxylic acids is 1. The van der Waals surface area contributed by atoms with E-state index in [2.05, 4.69) is 33.0 Å². The number of amides is 1. The Labute approximate surface area is 168 Å². The Morgan fingerprint density at radius 2 is 1.46 bits per heavy atom. The minimum Gasteiger partial charge on any atom is -0.349 e. The first-order chi connectivity index (χ1) is 13.1. The topological polar surface area (TPSA) is 66.5 Å². The lowest BCUT2D eigenvalue weighted by Crippen LogP contribution is -2.42. The summed E-state index contributed by atoms with van der Waals surface area (Å²) in [5.41, 5.74) is 1.95. The smallest absolute Gasteiger partial charge is 0.251 e. The number of anilines is 1. The van der Waals surface area contributed by atoms with Gasteiger partial charge in [0.1, 0.15) is 0 Å². The molecule has 0 radical (unpaired) electrons. The van der Waals surface area contributed by atoms with Gasteiger partial charge in [-0.05, 0) is 41.7 Å². The van der Waals surface area contributed by atoms with Crippen molar-refractivity contribution in [3.63, 3.8) is 0 Å². The highest BCUT2D eigenvalue weighted by Crippen LogP contribution is 2.22. The molecular weight excluding hydrogens is 372 g/mol. The lowest BCUT2D eigenvalue weighted by Gasteiger charge is -2.26. The van der Waals surface area contributed by atoms with Gasteiger partial charge in [-0.25, -0.2) is 8.42 Å². The number of hydrogen-bond acceptors (Lipinski definition) is 3. The van der Waals surface area contributed by atoms with E-state index in [0.717, 1.165) is 5.56 Å². The van der Waals surface area contributed by atoms with E-state index < -0.39 is 10.0 Å². The van der Waals surface area contributed by atoms with Gasteiger partial charge in [0.2, 0.25) is 10.0 Å². The maximum Gasteiger partial charge on any atom is 0.251 e. The Kier molecular flexibility index (Phi) is 7.24. The van der Waals surface area contributed by atoms with Crippen molar-refractivity contribution in [3.8, 4) is 0 Å². The minimum atomic E-state index is -3.46. The molecule has 1 amide bonds. The zero-order valence-corrected chi connectivity index (χ0v) is 18.0. The lowest BCUT2D eigenvalue weighted by atomic mass is 9.93. The highest BCUT2D eigenvalue weighted by atomic mass is 32.2. The number of benzene rings is 2. The third-order valence-corrected chi connectivity index (χ3v) is 5.86. The molecule has 1 N–H and O–H groups in total. The maximum atomic E-state index is 12.6. The van der Waals surface area contributed by atoms with Crippen LogP contribution in [0.4, 0.5) is 5.69 Å². The molecule has 2 rings (SSSR count). The average Bonchev–Trinajstić information content (AvgIpc) is 2.63. The van der Waals surface area contributed by atoms with Crippen molar-refractivity contribution < 1.29 is 13.2 Å². The van der Waals surface area contributed by atoms with E-state index in [1.165, 1.54) is 10.6 Å². The van der Waals surface area contributed by atoms with Crippen molar-refractivity contribution in [1.29, 1.82) is 0 Å². The molecule has 0 saturated carbocycles. The summed E-state index contributed by atoms with van der Waals surface area (Å²) in [6.07, 6.45) is 1.19. The molecule has 0 spiro atoms. The Balaban J connectivity index is 2.21. The van der Waals surface area contributed by atoms with E-state index in [4.69, 9.17) is 0 Å². The maximum absolute atomic E-state index is 12.6. The molecule has 152 valence electrons. The molecule has 0 fully saturated rings. The van der Waals surface area contributed by atoms with Crippen molar-refractivity contribution in [2.24, 2.45) is 11.8 Å². The van der Waals surface area contributed by atoms with Crippen molar-refractivity contribution in [3.05, 3.63) is 65.7 Å². The number of hydrogen-bond donors (Lipinski definition) is 1. The molecule has 5 nitrogen and oxygen atoms in total. The van der Waals surface area contributed by atoms with E-state index in [0.29, 0.717) is 23.1 Å². The molecule has 0 aliphatic rings. The van der Waals surface area contributed by atoms with Gasteiger partial charge in [0.05, 0.1) is 18.5 Å². The summed E-state index contributed by atoms with van der Waals surface area (Å²) in [5.74, 6) is 0.512. The van der Waals surface area contributed by atoms with Crippen LogP contribution >= 0.6 is 0 Å². The molecule has 2 aromatic carbocycles. The normalized spacial score (nSPS) is 11.9. The summed E-state index contributed by atoms with van der Waals surface area (Å²) in [6.45, 7) is 8.58. The molecule has 0 unspecified atom stereocenters. The third-order valence-electron chi connectivity index (χ3n) is 4.72. The number of nitrogens with one attached hydrogen (secondary N) is 1. The van der Waals surface area contributed by atoms with Crippen LogP contribution in [0.15, 0.2) is 54.6 Å². The predicted octanol–water partition coefficient (Wildman–Crippen LogP) is 4.06. The Bertz CT molecular complexity index is 868. The molecule has 2 aromatic rings. The number of carbonyl (C=O) groups is 1. The average molecular weight is 403 g/mol. The van der Waals surface area contributed by atoms with Crippen LogP contribution in [0.1, 0.15) is 43.6 Å². The van der Waals surface area contributed by atoms with Crippen molar-refractivity contribution in [1.82, 2.24) is 5.32 Å². The van der Waals surface area contributed by atoms with E-state index in [9.17, 15) is 13.2 Å². The highest BCUT2D eigenvalue weighted by molar-refractivity contribution is 7.92. The molecule has 0 aliphatic heterocycles. The SMILES string of the molecule is CC(C)C(NC(=O)c1ccc(N(Cc2ccccc2)S(C)(=O)=O)cc1)C(C)C. The van der Waals surface area contributed by atoms with Crippen LogP contribution in [-0.4, -0.2) is 26.6 Å². The Morgan fingerprint density at radius 3 is 1.93 bits per heavy atom. The Morgan fingerprint density at radius 1 is 0.929 bits per heavy atom. The van der Waals surface area contributed by atoms with Gasteiger partial charge in [-0.15, -0.1) is 0 Å². The van der Waals surface area contributed by atoms with Crippen molar-refractivity contribution in [2.45, 2.75) is 40.3 Å². The second-order valence-electron chi connectivity index (χ2n) is 7.79. The van der Waals surface area contributed by atoms with Gasteiger partial charge in [-0.1, -0.05) is 58.0 Å². The van der Waals surface area contributed by atoms with E-state index >= 15 is 0 Å². The van der Waals surface area contributed by atoms with Gasteiger partial charge < -0.3 is 5.32 Å². The van der Waals surface area contributed by atoms with Crippen LogP contribution in [-0.2, 0) is 16.6 Å². The molecule has 0 saturated heterocycles. The van der Waals surface area contributed by atoms with Gasteiger partial charge in [-0.3, -0.25) is 9.10 Å². The van der Waals surface area contributed by atoms with Crippen LogP contribution in [0.2, 0.25) is 0 Å². The number of nitrogens with zero attached hydrogens (tertiary/aromatic N) is 1. The summed E-state index contributed by atoms with van der Waals surface area (Å²) < 4.78 is 25.9. The summed E-state index contributed by atoms with van der Waals surface area (Å²) in [4.78, 5) is 12.6. The third kappa shape index (κ3) is 5.83. The van der Waals surface area contributed by atoms with Gasteiger partial charge in [0.25, 0.3) is 5.91 Å². The summed E-state index contributed by atoms with van der Waals surface area (Å²) in [5, 5.41) is 3.08. The molecule has 0 aromatic heterocycles. The zero-order valence-electron chi connectivity index (χ0n) is 17.2. The van der Waals surface area contributed by atoms with E-state index in [1.54, 1.807) is 24.3 Å².